The van der Waals surface area contributed by atoms with Gasteiger partial charge in [-0.1, -0.05) is 79.3 Å². The number of terminal acetylenes is 1. The van der Waals surface area contributed by atoms with Crippen molar-refractivity contribution in [1.82, 2.24) is 10.2 Å². The lowest BCUT2D eigenvalue weighted by molar-refractivity contribution is 0.141. The summed E-state index contributed by atoms with van der Waals surface area (Å²) in [7, 11) is 1.99. The molecule has 1 saturated heterocycles. The summed E-state index contributed by atoms with van der Waals surface area (Å²) >= 11 is 0. The van der Waals surface area contributed by atoms with Crippen molar-refractivity contribution in [3.63, 3.8) is 0 Å². The van der Waals surface area contributed by atoms with Gasteiger partial charge in [0.05, 0.1) is 0 Å². The fraction of sp³-hybridized carbons (Fsp3) is 0.268. The van der Waals surface area contributed by atoms with Crippen LogP contribution in [-0.2, 0) is 19.3 Å². The van der Waals surface area contributed by atoms with Crippen LogP contribution in [0.1, 0.15) is 44.5 Å². The first-order valence-corrected chi connectivity index (χ1v) is 15.5. The summed E-state index contributed by atoms with van der Waals surface area (Å²) in [6, 6.07) is 18.4. The van der Waals surface area contributed by atoms with Crippen molar-refractivity contribution in [3.8, 4) is 23.5 Å². The minimum absolute atomic E-state index is 0.420. The Bertz CT molecular complexity index is 1760. The highest BCUT2D eigenvalue weighted by molar-refractivity contribution is 5.84. The number of benzene rings is 3. The third-order valence-corrected chi connectivity index (χ3v) is 9.55. The third-order valence-electron chi connectivity index (χ3n) is 9.55. The highest BCUT2D eigenvalue weighted by Crippen LogP contribution is 2.35. The first kappa shape index (κ1) is 28.8. The second-order valence-corrected chi connectivity index (χ2v) is 12.4. The molecule has 216 valence electrons. The van der Waals surface area contributed by atoms with Crippen molar-refractivity contribution >= 4 is 5.57 Å². The molecule has 2 nitrogen and oxygen atoms in total. The van der Waals surface area contributed by atoms with Crippen LogP contribution in [0.15, 0.2) is 102 Å². The molecule has 6 rings (SSSR count). The Balaban J connectivity index is 1.24. The first-order valence-electron chi connectivity index (χ1n) is 15.5. The minimum Gasteiger partial charge on any atom is -0.388 e. The maximum absolute atomic E-state index is 5.56. The number of hydrogen-bond donors (Lipinski definition) is 1. The highest BCUT2D eigenvalue weighted by atomic mass is 15.2. The molecular weight excluding hydrogens is 520 g/mol. The number of likely N-dealkylation sites (tertiary alicyclic amines) is 1. The molecule has 2 heteroatoms. The average molecular weight is 563 g/mol. The molecule has 3 aromatic carbocycles. The second-order valence-electron chi connectivity index (χ2n) is 12.4. The number of aryl methyl sites for hydroxylation is 3. The van der Waals surface area contributed by atoms with Crippen LogP contribution in [0.4, 0.5) is 0 Å². The molecule has 3 aliphatic rings. The fourth-order valence-corrected chi connectivity index (χ4v) is 6.59. The second kappa shape index (κ2) is 12.1. The molecule has 0 amide bonds. The molecule has 3 aromatic rings. The van der Waals surface area contributed by atoms with Crippen LogP contribution >= 0.6 is 0 Å². The molecule has 0 radical (unpaired) electrons. The van der Waals surface area contributed by atoms with Gasteiger partial charge in [-0.2, -0.15) is 0 Å². The van der Waals surface area contributed by atoms with Crippen LogP contribution in [0, 0.1) is 39.0 Å². The van der Waals surface area contributed by atoms with Gasteiger partial charge in [-0.15, -0.1) is 6.42 Å². The molecule has 43 heavy (non-hydrogen) atoms. The summed E-state index contributed by atoms with van der Waals surface area (Å²) in [5.74, 6) is 3.14. The van der Waals surface area contributed by atoms with Gasteiger partial charge in [-0.05, 0) is 119 Å². The monoisotopic (exact) mass is 562 g/mol. The first-order chi connectivity index (χ1) is 20.8. The SMILES string of the molecule is C#CC(=C)C1CN(CC2=C/C=C(NC)/C=C(c3cccc(-c4cccc(CCc5cc6c(cc5C)C6)c4C)c3C)/C=C\2)C1. The average Bonchev–Trinajstić information content (AvgIpc) is 3.73. The predicted octanol–water partition coefficient (Wildman–Crippen LogP) is 8.07. The molecule has 0 unspecified atom stereocenters. The van der Waals surface area contributed by atoms with E-state index in [1.807, 2.05) is 7.05 Å². The lowest BCUT2D eigenvalue weighted by Crippen LogP contribution is -2.47. The summed E-state index contributed by atoms with van der Waals surface area (Å²) in [6.45, 7) is 13.7. The summed E-state index contributed by atoms with van der Waals surface area (Å²) in [4.78, 5) is 2.44. The fourth-order valence-electron chi connectivity index (χ4n) is 6.59. The van der Waals surface area contributed by atoms with E-state index in [0.29, 0.717) is 5.92 Å². The Morgan fingerprint density at radius 2 is 1.60 bits per heavy atom. The van der Waals surface area contributed by atoms with E-state index < -0.39 is 0 Å². The lowest BCUT2D eigenvalue weighted by Gasteiger charge is -2.39. The molecule has 1 N–H and O–H groups in total. The van der Waals surface area contributed by atoms with Crippen molar-refractivity contribution in [1.29, 1.82) is 0 Å². The van der Waals surface area contributed by atoms with Crippen LogP contribution in [0.3, 0.4) is 0 Å². The van der Waals surface area contributed by atoms with Gasteiger partial charge in [0.15, 0.2) is 0 Å². The van der Waals surface area contributed by atoms with Gasteiger partial charge in [0, 0.05) is 43.9 Å². The Morgan fingerprint density at radius 1 is 0.907 bits per heavy atom. The highest BCUT2D eigenvalue weighted by Gasteiger charge is 2.28. The Morgan fingerprint density at radius 3 is 2.37 bits per heavy atom. The van der Waals surface area contributed by atoms with E-state index in [1.54, 1.807) is 0 Å². The van der Waals surface area contributed by atoms with E-state index in [2.05, 4.69) is 122 Å². The zero-order chi connectivity index (χ0) is 30.1. The maximum atomic E-state index is 5.56. The molecule has 1 heterocycles. The van der Waals surface area contributed by atoms with Crippen molar-refractivity contribution in [2.45, 2.75) is 40.0 Å². The predicted molar refractivity (Wildman–Crippen MR) is 183 cm³/mol. The zero-order valence-corrected chi connectivity index (χ0v) is 26.1. The summed E-state index contributed by atoms with van der Waals surface area (Å²) in [5, 5.41) is 3.38. The van der Waals surface area contributed by atoms with Crippen molar-refractivity contribution in [2.24, 2.45) is 5.92 Å². The standard InChI is InChI=1S/C41H42N2/c1-7-27(2)37-25-43(26-37)24-31-14-16-34(23-38(42-6)19-15-31)39-11-9-13-41(30(39)5)40-12-8-10-32(29(40)4)17-18-33-21-36-22-35(36)20-28(33)3/h1,8-16,19-21,23,37,42H,2,17-18,22,24-26H2,3-6H3/b16-14-,19-15?,31-14?,31-15+,34-16?,34-23-,38-19-,38-23?. The van der Waals surface area contributed by atoms with E-state index in [1.165, 1.54) is 73.2 Å². The van der Waals surface area contributed by atoms with Crippen LogP contribution < -0.4 is 5.32 Å². The van der Waals surface area contributed by atoms with Crippen LogP contribution in [-0.4, -0.2) is 31.6 Å². The Kier molecular flexibility index (Phi) is 8.11. The molecule has 1 fully saturated rings. The molecule has 0 aromatic heterocycles. The largest absolute Gasteiger partial charge is 0.388 e. The Hall–Kier alpha value is -4.32. The van der Waals surface area contributed by atoms with Crippen LogP contribution in [0.2, 0.25) is 0 Å². The van der Waals surface area contributed by atoms with E-state index in [0.717, 1.165) is 43.7 Å². The van der Waals surface area contributed by atoms with Gasteiger partial charge < -0.3 is 5.32 Å². The van der Waals surface area contributed by atoms with Gasteiger partial charge in [-0.25, -0.2) is 0 Å². The van der Waals surface area contributed by atoms with E-state index in [9.17, 15) is 0 Å². The number of fused-ring (bicyclic) bond motifs is 1. The van der Waals surface area contributed by atoms with Crippen molar-refractivity contribution in [2.75, 3.05) is 26.7 Å². The molecule has 0 bridgehead atoms. The number of hydrogen-bond acceptors (Lipinski definition) is 2. The molecule has 2 aliphatic carbocycles. The van der Waals surface area contributed by atoms with E-state index >= 15 is 0 Å². The van der Waals surface area contributed by atoms with Gasteiger partial charge in [0.25, 0.3) is 0 Å². The topological polar surface area (TPSA) is 15.3 Å². The van der Waals surface area contributed by atoms with E-state index in [-0.39, 0.29) is 0 Å². The molecular formula is C41H42N2. The molecule has 0 spiro atoms. The van der Waals surface area contributed by atoms with Crippen molar-refractivity contribution in [3.05, 3.63) is 147 Å². The number of likely N-dealkylation sites (N-methyl/N-ethyl adjacent to an activating group) is 1. The number of rotatable bonds is 9. The van der Waals surface area contributed by atoms with Gasteiger partial charge in [-0.3, -0.25) is 4.90 Å². The number of allylic oxidation sites excluding steroid dienone is 5. The van der Waals surface area contributed by atoms with Gasteiger partial charge in [0.1, 0.15) is 0 Å². The maximum Gasteiger partial charge on any atom is 0.0343 e. The third kappa shape index (κ3) is 6.10. The number of nitrogens with one attached hydrogen (secondary N) is 1. The molecule has 0 saturated carbocycles. The van der Waals surface area contributed by atoms with Gasteiger partial charge in [0.2, 0.25) is 0 Å². The molecule has 0 atom stereocenters. The van der Waals surface area contributed by atoms with E-state index in [4.69, 9.17) is 6.42 Å². The van der Waals surface area contributed by atoms with Crippen LogP contribution in [0.25, 0.3) is 16.7 Å². The summed E-state index contributed by atoms with van der Waals surface area (Å²) in [6.07, 6.45) is 20.1. The van der Waals surface area contributed by atoms with Gasteiger partial charge >= 0.3 is 0 Å². The quantitative estimate of drug-likeness (QED) is 0.208. The summed E-state index contributed by atoms with van der Waals surface area (Å²) < 4.78 is 0. The van der Waals surface area contributed by atoms with Crippen molar-refractivity contribution < 1.29 is 0 Å². The lowest BCUT2D eigenvalue weighted by atomic mass is 9.87. The molecule has 1 aliphatic heterocycles. The van der Waals surface area contributed by atoms with Crippen LogP contribution in [0.5, 0.6) is 0 Å². The number of nitrogens with zero attached hydrogens (tertiary/aromatic N) is 1. The zero-order valence-electron chi connectivity index (χ0n) is 26.1. The normalized spacial score (nSPS) is 20.5. The minimum atomic E-state index is 0.420. The summed E-state index contributed by atoms with van der Waals surface area (Å²) in [5.41, 5.74) is 18.5. The smallest absolute Gasteiger partial charge is 0.0343 e. The Labute approximate surface area is 258 Å².